The van der Waals surface area contributed by atoms with Crippen LogP contribution in [0.5, 0.6) is 0 Å². The Morgan fingerprint density at radius 2 is 1.61 bits per heavy atom. The van der Waals surface area contributed by atoms with Crippen molar-refractivity contribution in [2.75, 3.05) is 0 Å². The molecule has 5 heteroatoms. The molecule has 0 atom stereocenters. The molecule has 0 saturated heterocycles. The molecule has 0 amide bonds. The van der Waals surface area contributed by atoms with E-state index in [-0.39, 0.29) is 5.56 Å². The summed E-state index contributed by atoms with van der Waals surface area (Å²) in [6.07, 6.45) is 0. The van der Waals surface area contributed by atoms with E-state index in [2.05, 4.69) is 33.0 Å². The van der Waals surface area contributed by atoms with Crippen molar-refractivity contribution in [3.63, 3.8) is 0 Å². The number of hydrogen-bond acceptors (Lipinski definition) is 3. The maximum atomic E-state index is 11.9. The molecule has 4 aromatic rings. The highest BCUT2D eigenvalue weighted by Gasteiger charge is 2.12. The van der Waals surface area contributed by atoms with Gasteiger partial charge in [-0.05, 0) is 23.3 Å². The summed E-state index contributed by atoms with van der Waals surface area (Å²) in [5.41, 5.74) is 3.76. The van der Waals surface area contributed by atoms with Crippen LogP contribution in [0.3, 0.4) is 0 Å². The fourth-order valence-electron chi connectivity index (χ4n) is 2.57. The highest BCUT2D eigenvalue weighted by molar-refractivity contribution is 9.10. The van der Waals surface area contributed by atoms with E-state index >= 15 is 0 Å². The SMILES string of the molecule is O=c1cc(-c2ccccc2)n2c(-c3ccc(Br)cc3)csc2n1. The Labute approximate surface area is 145 Å². The van der Waals surface area contributed by atoms with Crippen molar-refractivity contribution in [3.05, 3.63) is 80.9 Å². The lowest BCUT2D eigenvalue weighted by Gasteiger charge is -2.09. The van der Waals surface area contributed by atoms with Crippen LogP contribution < -0.4 is 5.56 Å². The summed E-state index contributed by atoms with van der Waals surface area (Å²) in [5, 5.41) is 2.04. The van der Waals surface area contributed by atoms with Crippen LogP contribution >= 0.6 is 27.3 Å². The summed E-state index contributed by atoms with van der Waals surface area (Å²) in [5.74, 6) is 0. The molecular weight excluding hydrogens is 372 g/mol. The second kappa shape index (κ2) is 5.76. The number of thiazole rings is 1. The molecule has 2 aromatic heterocycles. The second-order valence-electron chi connectivity index (χ2n) is 5.09. The monoisotopic (exact) mass is 382 g/mol. The van der Waals surface area contributed by atoms with Crippen molar-refractivity contribution >= 4 is 32.2 Å². The summed E-state index contributed by atoms with van der Waals surface area (Å²) in [6.45, 7) is 0. The van der Waals surface area contributed by atoms with Gasteiger partial charge < -0.3 is 0 Å². The average molecular weight is 383 g/mol. The van der Waals surface area contributed by atoms with E-state index in [9.17, 15) is 4.79 Å². The van der Waals surface area contributed by atoms with Gasteiger partial charge in [0.2, 0.25) is 0 Å². The molecule has 0 aliphatic rings. The zero-order chi connectivity index (χ0) is 15.8. The number of halogens is 1. The third-order valence-corrected chi connectivity index (χ3v) is 4.98. The molecule has 0 fully saturated rings. The Hall–Kier alpha value is -2.24. The predicted molar refractivity (Wildman–Crippen MR) is 97.9 cm³/mol. The number of nitrogens with zero attached hydrogens (tertiary/aromatic N) is 2. The lowest BCUT2D eigenvalue weighted by Crippen LogP contribution is -2.08. The van der Waals surface area contributed by atoms with E-state index in [1.807, 2.05) is 52.2 Å². The number of hydrogen-bond donors (Lipinski definition) is 0. The highest BCUT2D eigenvalue weighted by Crippen LogP contribution is 2.30. The molecule has 0 bridgehead atoms. The molecule has 112 valence electrons. The van der Waals surface area contributed by atoms with Gasteiger partial charge in [-0.1, -0.05) is 58.4 Å². The van der Waals surface area contributed by atoms with Gasteiger partial charge in [0.15, 0.2) is 4.96 Å². The summed E-state index contributed by atoms with van der Waals surface area (Å²) in [7, 11) is 0. The summed E-state index contributed by atoms with van der Waals surface area (Å²) < 4.78 is 3.08. The fraction of sp³-hybridized carbons (Fsp3) is 0. The molecule has 0 radical (unpaired) electrons. The first-order valence-electron chi connectivity index (χ1n) is 7.05. The van der Waals surface area contributed by atoms with Crippen molar-refractivity contribution in [3.8, 4) is 22.5 Å². The van der Waals surface area contributed by atoms with Crippen LogP contribution in [0.25, 0.3) is 27.5 Å². The lowest BCUT2D eigenvalue weighted by molar-refractivity contribution is 1.12. The zero-order valence-corrected chi connectivity index (χ0v) is 14.3. The van der Waals surface area contributed by atoms with Crippen LogP contribution in [-0.4, -0.2) is 9.38 Å². The van der Waals surface area contributed by atoms with Gasteiger partial charge in [0.25, 0.3) is 5.56 Å². The minimum atomic E-state index is -0.215. The number of fused-ring (bicyclic) bond motifs is 1. The van der Waals surface area contributed by atoms with E-state index in [1.54, 1.807) is 6.07 Å². The van der Waals surface area contributed by atoms with Crippen LogP contribution in [0.15, 0.2) is 75.3 Å². The van der Waals surface area contributed by atoms with Crippen LogP contribution in [0.2, 0.25) is 0 Å². The van der Waals surface area contributed by atoms with Gasteiger partial charge in [-0.3, -0.25) is 9.20 Å². The first-order chi connectivity index (χ1) is 11.2. The van der Waals surface area contributed by atoms with Crippen molar-refractivity contribution in [1.29, 1.82) is 0 Å². The Morgan fingerprint density at radius 1 is 0.913 bits per heavy atom. The maximum Gasteiger partial charge on any atom is 0.274 e. The number of rotatable bonds is 2. The summed E-state index contributed by atoms with van der Waals surface area (Å²) in [6, 6.07) is 19.6. The van der Waals surface area contributed by atoms with Crippen LogP contribution in [0.4, 0.5) is 0 Å². The van der Waals surface area contributed by atoms with Gasteiger partial charge >= 0.3 is 0 Å². The molecule has 23 heavy (non-hydrogen) atoms. The Morgan fingerprint density at radius 3 is 2.35 bits per heavy atom. The summed E-state index contributed by atoms with van der Waals surface area (Å²) in [4.78, 5) is 16.8. The van der Waals surface area contributed by atoms with Gasteiger partial charge in [-0.25, -0.2) is 0 Å². The predicted octanol–water partition coefficient (Wildman–Crippen LogP) is 4.85. The van der Waals surface area contributed by atoms with E-state index in [0.717, 1.165) is 27.0 Å². The fourth-order valence-corrected chi connectivity index (χ4v) is 3.74. The summed E-state index contributed by atoms with van der Waals surface area (Å²) >= 11 is 4.94. The molecule has 0 unspecified atom stereocenters. The first kappa shape index (κ1) is 14.4. The minimum Gasteiger partial charge on any atom is -0.284 e. The minimum absolute atomic E-state index is 0.215. The number of aromatic nitrogens is 2. The average Bonchev–Trinajstić information content (AvgIpc) is 2.99. The van der Waals surface area contributed by atoms with Crippen LogP contribution in [0, 0.1) is 0 Å². The van der Waals surface area contributed by atoms with E-state index < -0.39 is 0 Å². The lowest BCUT2D eigenvalue weighted by atomic mass is 10.1. The molecule has 0 N–H and O–H groups in total. The maximum absolute atomic E-state index is 11.9. The second-order valence-corrected chi connectivity index (χ2v) is 6.84. The smallest absolute Gasteiger partial charge is 0.274 e. The normalized spacial score (nSPS) is 11.0. The van der Waals surface area contributed by atoms with Crippen molar-refractivity contribution in [1.82, 2.24) is 9.38 Å². The van der Waals surface area contributed by atoms with Crippen LogP contribution in [0.1, 0.15) is 0 Å². The molecule has 4 rings (SSSR count). The molecule has 0 aliphatic carbocycles. The third kappa shape index (κ3) is 2.62. The van der Waals surface area contributed by atoms with Crippen molar-refractivity contribution < 1.29 is 0 Å². The molecule has 2 heterocycles. The van der Waals surface area contributed by atoms with E-state index in [4.69, 9.17) is 0 Å². The standard InChI is InChI=1S/C18H11BrN2OS/c19-14-8-6-13(7-9-14)16-11-23-18-20-17(22)10-15(21(16)18)12-4-2-1-3-5-12/h1-11H. The Kier molecular flexibility index (Phi) is 3.59. The third-order valence-electron chi connectivity index (χ3n) is 3.62. The largest absolute Gasteiger partial charge is 0.284 e. The van der Waals surface area contributed by atoms with Gasteiger partial charge in [0.1, 0.15) is 0 Å². The van der Waals surface area contributed by atoms with E-state index in [1.165, 1.54) is 11.3 Å². The van der Waals surface area contributed by atoms with Gasteiger partial charge in [0, 0.05) is 15.9 Å². The quantitative estimate of drug-likeness (QED) is 0.496. The van der Waals surface area contributed by atoms with Crippen molar-refractivity contribution in [2.45, 2.75) is 0 Å². The Balaban J connectivity index is 2.04. The van der Waals surface area contributed by atoms with Gasteiger partial charge in [0.05, 0.1) is 11.4 Å². The Bertz CT molecular complexity index is 1040. The molecule has 0 aliphatic heterocycles. The zero-order valence-electron chi connectivity index (χ0n) is 11.9. The van der Waals surface area contributed by atoms with Gasteiger partial charge in [-0.15, -0.1) is 11.3 Å². The van der Waals surface area contributed by atoms with Gasteiger partial charge in [-0.2, -0.15) is 4.98 Å². The molecule has 3 nitrogen and oxygen atoms in total. The molecule has 0 saturated carbocycles. The molecule has 2 aromatic carbocycles. The molecular formula is C18H11BrN2OS. The molecule has 0 spiro atoms. The van der Waals surface area contributed by atoms with E-state index in [0.29, 0.717) is 4.96 Å². The van der Waals surface area contributed by atoms with Crippen molar-refractivity contribution in [2.24, 2.45) is 0 Å². The topological polar surface area (TPSA) is 34.4 Å². The highest BCUT2D eigenvalue weighted by atomic mass is 79.9. The first-order valence-corrected chi connectivity index (χ1v) is 8.72. The van der Waals surface area contributed by atoms with Crippen LogP contribution in [-0.2, 0) is 0 Å². The number of benzene rings is 2.